The van der Waals surface area contributed by atoms with Crippen LogP contribution in [0.3, 0.4) is 0 Å². The predicted octanol–water partition coefficient (Wildman–Crippen LogP) is 2.98. The summed E-state index contributed by atoms with van der Waals surface area (Å²) < 4.78 is 5.99. The van der Waals surface area contributed by atoms with Crippen LogP contribution in [0, 0.1) is 12.3 Å². The number of nitrogens with zero attached hydrogens (tertiary/aromatic N) is 3. The van der Waals surface area contributed by atoms with Gasteiger partial charge in [-0.15, -0.1) is 0 Å². The molecule has 0 unspecified atom stereocenters. The molecule has 1 aromatic rings. The van der Waals surface area contributed by atoms with Crippen LogP contribution in [0.25, 0.3) is 0 Å². The van der Waals surface area contributed by atoms with Gasteiger partial charge >= 0.3 is 0 Å². The van der Waals surface area contributed by atoms with Gasteiger partial charge < -0.3 is 9.64 Å². The Morgan fingerprint density at radius 3 is 2.65 bits per heavy atom. The van der Waals surface area contributed by atoms with E-state index in [1.165, 1.54) is 32.1 Å². The van der Waals surface area contributed by atoms with E-state index in [1.54, 1.807) is 12.4 Å². The summed E-state index contributed by atoms with van der Waals surface area (Å²) in [6, 6.07) is 0.259. The molecule has 2 aliphatic rings. The molecule has 2 fully saturated rings. The van der Waals surface area contributed by atoms with E-state index in [0.717, 1.165) is 18.7 Å². The van der Waals surface area contributed by atoms with Gasteiger partial charge in [-0.25, -0.2) is 4.98 Å². The van der Waals surface area contributed by atoms with Crippen molar-refractivity contribution >= 4 is 5.91 Å². The van der Waals surface area contributed by atoms with Crippen molar-refractivity contribution in [2.75, 3.05) is 13.7 Å². The lowest BCUT2D eigenvalue weighted by Crippen LogP contribution is -2.65. The number of hydrogen-bond acceptors (Lipinski definition) is 4. The standard InChI is InChI=1S/C18H27N3O2/c1-4-23-16-10-15(18(16)8-6-5-7-9-18)21(3)17(22)14-12-19-13(2)11-20-14/h11-12,15-16H,4-10H2,1-3H3/t15-,16-/m0/s1. The molecular weight excluding hydrogens is 290 g/mol. The zero-order valence-corrected chi connectivity index (χ0v) is 14.4. The van der Waals surface area contributed by atoms with Gasteiger partial charge in [-0.3, -0.25) is 9.78 Å². The Bertz CT molecular complexity index is 552. The molecule has 1 aromatic heterocycles. The number of aromatic nitrogens is 2. The highest BCUT2D eigenvalue weighted by Gasteiger charge is 2.57. The molecule has 3 rings (SSSR count). The highest BCUT2D eigenvalue weighted by atomic mass is 16.5. The summed E-state index contributed by atoms with van der Waals surface area (Å²) in [7, 11) is 1.91. The first-order chi connectivity index (χ1) is 11.1. The van der Waals surface area contributed by atoms with Crippen LogP contribution in [-0.4, -0.2) is 46.6 Å². The first-order valence-corrected chi connectivity index (χ1v) is 8.76. The van der Waals surface area contributed by atoms with E-state index in [2.05, 4.69) is 16.9 Å². The third-order valence-corrected chi connectivity index (χ3v) is 5.68. The van der Waals surface area contributed by atoms with Gasteiger partial charge in [-0.05, 0) is 33.1 Å². The molecule has 126 valence electrons. The van der Waals surface area contributed by atoms with E-state index < -0.39 is 0 Å². The van der Waals surface area contributed by atoms with Gasteiger partial charge in [0.15, 0.2) is 0 Å². The van der Waals surface area contributed by atoms with Crippen LogP contribution in [0.4, 0.5) is 0 Å². The van der Waals surface area contributed by atoms with Crippen molar-refractivity contribution in [1.29, 1.82) is 0 Å². The Hall–Kier alpha value is -1.49. The maximum atomic E-state index is 12.8. The third-order valence-electron chi connectivity index (χ3n) is 5.68. The van der Waals surface area contributed by atoms with Crippen LogP contribution >= 0.6 is 0 Å². The molecule has 1 heterocycles. The van der Waals surface area contributed by atoms with E-state index in [1.807, 2.05) is 18.9 Å². The van der Waals surface area contributed by atoms with Crippen LogP contribution < -0.4 is 0 Å². The second-order valence-electron chi connectivity index (χ2n) is 6.95. The van der Waals surface area contributed by atoms with Crippen LogP contribution in [0.15, 0.2) is 12.4 Å². The Morgan fingerprint density at radius 1 is 1.30 bits per heavy atom. The highest BCUT2D eigenvalue weighted by molar-refractivity contribution is 5.92. The number of aryl methyl sites for hydroxylation is 1. The first kappa shape index (κ1) is 16.4. The average molecular weight is 317 g/mol. The molecule has 5 heteroatoms. The molecule has 23 heavy (non-hydrogen) atoms. The summed E-state index contributed by atoms with van der Waals surface area (Å²) in [6.07, 6.45) is 10.6. The smallest absolute Gasteiger partial charge is 0.274 e. The summed E-state index contributed by atoms with van der Waals surface area (Å²) in [5.74, 6) is -0.0256. The van der Waals surface area contributed by atoms with Crippen molar-refractivity contribution in [2.24, 2.45) is 5.41 Å². The van der Waals surface area contributed by atoms with Crippen LogP contribution in [0.1, 0.15) is 61.6 Å². The Kier molecular flexibility index (Phi) is 4.67. The van der Waals surface area contributed by atoms with Crippen LogP contribution in [0.5, 0.6) is 0 Å². The molecule has 2 saturated carbocycles. The van der Waals surface area contributed by atoms with Gasteiger partial charge in [0.25, 0.3) is 5.91 Å². The number of carbonyl (C=O) groups excluding carboxylic acids is 1. The minimum absolute atomic E-state index is 0.0256. The van der Waals surface area contributed by atoms with E-state index in [4.69, 9.17) is 4.74 Å². The molecule has 2 aliphatic carbocycles. The van der Waals surface area contributed by atoms with Crippen molar-refractivity contribution in [1.82, 2.24) is 14.9 Å². The molecule has 0 saturated heterocycles. The fraction of sp³-hybridized carbons (Fsp3) is 0.722. The second-order valence-corrected chi connectivity index (χ2v) is 6.95. The monoisotopic (exact) mass is 317 g/mol. The Morgan fingerprint density at radius 2 is 2.04 bits per heavy atom. The lowest BCUT2D eigenvalue weighted by molar-refractivity contribution is -0.170. The summed E-state index contributed by atoms with van der Waals surface area (Å²) in [5.41, 5.74) is 1.41. The van der Waals surface area contributed by atoms with Gasteiger partial charge in [0.05, 0.1) is 18.0 Å². The molecule has 5 nitrogen and oxygen atoms in total. The lowest BCUT2D eigenvalue weighted by atomic mass is 9.54. The SMILES string of the molecule is CCO[C@H]1C[C@H](N(C)C(=O)c2cnc(C)cn2)C12CCCCC2. The molecule has 0 bridgehead atoms. The zero-order chi connectivity index (χ0) is 16.4. The summed E-state index contributed by atoms with van der Waals surface area (Å²) >= 11 is 0. The fourth-order valence-electron chi connectivity index (χ4n) is 4.40. The van der Waals surface area contributed by atoms with E-state index in [9.17, 15) is 4.79 Å². The Labute approximate surface area is 138 Å². The molecule has 1 spiro atoms. The van der Waals surface area contributed by atoms with Crippen molar-refractivity contribution in [3.63, 3.8) is 0 Å². The van der Waals surface area contributed by atoms with Crippen LogP contribution in [0.2, 0.25) is 0 Å². The molecular formula is C18H27N3O2. The normalized spacial score (nSPS) is 25.9. The molecule has 1 amide bonds. The average Bonchev–Trinajstić information content (AvgIpc) is 2.58. The minimum Gasteiger partial charge on any atom is -0.378 e. The lowest BCUT2D eigenvalue weighted by Gasteiger charge is -2.60. The summed E-state index contributed by atoms with van der Waals surface area (Å²) in [6.45, 7) is 4.68. The molecule has 0 radical (unpaired) electrons. The van der Waals surface area contributed by atoms with Gasteiger partial charge in [0, 0.05) is 31.3 Å². The highest BCUT2D eigenvalue weighted by Crippen LogP contribution is 2.55. The molecule has 2 atom stereocenters. The fourth-order valence-corrected chi connectivity index (χ4v) is 4.40. The van der Waals surface area contributed by atoms with Crippen molar-refractivity contribution in [3.8, 4) is 0 Å². The van der Waals surface area contributed by atoms with Gasteiger partial charge in [-0.1, -0.05) is 19.3 Å². The number of ether oxygens (including phenoxy) is 1. The predicted molar refractivity (Wildman–Crippen MR) is 88.2 cm³/mol. The number of rotatable bonds is 4. The van der Waals surface area contributed by atoms with Crippen molar-refractivity contribution < 1.29 is 9.53 Å². The quantitative estimate of drug-likeness (QED) is 0.856. The number of carbonyl (C=O) groups is 1. The first-order valence-electron chi connectivity index (χ1n) is 8.76. The molecule has 0 aromatic carbocycles. The van der Waals surface area contributed by atoms with Gasteiger partial charge in [-0.2, -0.15) is 0 Å². The largest absolute Gasteiger partial charge is 0.378 e. The number of hydrogen-bond donors (Lipinski definition) is 0. The topological polar surface area (TPSA) is 55.3 Å². The minimum atomic E-state index is -0.0256. The van der Waals surface area contributed by atoms with Crippen molar-refractivity contribution in [3.05, 3.63) is 23.8 Å². The summed E-state index contributed by atoms with van der Waals surface area (Å²) in [5, 5.41) is 0. The maximum Gasteiger partial charge on any atom is 0.274 e. The van der Waals surface area contributed by atoms with E-state index >= 15 is 0 Å². The number of amides is 1. The van der Waals surface area contributed by atoms with Gasteiger partial charge in [0.2, 0.25) is 0 Å². The van der Waals surface area contributed by atoms with Crippen LogP contribution in [-0.2, 0) is 4.74 Å². The summed E-state index contributed by atoms with van der Waals surface area (Å²) in [4.78, 5) is 23.1. The second kappa shape index (κ2) is 6.56. The zero-order valence-electron chi connectivity index (χ0n) is 14.4. The van der Waals surface area contributed by atoms with E-state index in [0.29, 0.717) is 11.8 Å². The molecule has 0 N–H and O–H groups in total. The third kappa shape index (κ3) is 2.87. The maximum absolute atomic E-state index is 12.8. The van der Waals surface area contributed by atoms with E-state index in [-0.39, 0.29) is 17.4 Å². The Balaban J connectivity index is 1.77. The van der Waals surface area contributed by atoms with Crippen molar-refractivity contribution in [2.45, 2.75) is 64.5 Å². The molecule has 0 aliphatic heterocycles. The van der Waals surface area contributed by atoms with Gasteiger partial charge in [0.1, 0.15) is 5.69 Å².